The molecule has 1 heterocycles. The number of sulfonamides is 1. The van der Waals surface area contributed by atoms with Gasteiger partial charge in [-0.25, -0.2) is 8.42 Å². The molecule has 0 aromatic carbocycles. The van der Waals surface area contributed by atoms with E-state index in [1.165, 1.54) is 0 Å². The number of rotatable bonds is 9. The van der Waals surface area contributed by atoms with Crippen LogP contribution < -0.4 is 0 Å². The van der Waals surface area contributed by atoms with Gasteiger partial charge in [-0.3, -0.25) is 9.59 Å². The Bertz CT molecular complexity index is 563. The van der Waals surface area contributed by atoms with Crippen molar-refractivity contribution in [2.45, 2.75) is 39.7 Å². The van der Waals surface area contributed by atoms with Crippen LogP contribution in [-0.4, -0.2) is 79.8 Å². The maximum Gasteiger partial charge on any atom is 0.318 e. The highest BCUT2D eigenvalue weighted by molar-refractivity contribution is 7.88. The summed E-state index contributed by atoms with van der Waals surface area (Å²) in [4.78, 5) is 25.0. The third-order valence-electron chi connectivity index (χ3n) is 4.08. The molecule has 146 valence electrons. The van der Waals surface area contributed by atoms with Gasteiger partial charge >= 0.3 is 5.97 Å². The zero-order valence-electron chi connectivity index (χ0n) is 15.5. The minimum Gasteiger partial charge on any atom is -0.480 e. The average molecular weight is 378 g/mol. The number of amides is 1. The third kappa shape index (κ3) is 8.15. The van der Waals surface area contributed by atoms with Crippen molar-refractivity contribution in [1.82, 2.24) is 9.21 Å². The van der Waals surface area contributed by atoms with Crippen molar-refractivity contribution in [1.29, 1.82) is 0 Å². The number of carboxylic acid groups (broad SMARTS) is 1. The number of carbonyl (C=O) groups is 2. The second-order valence-electron chi connectivity index (χ2n) is 7.22. The predicted molar refractivity (Wildman–Crippen MR) is 93.6 cm³/mol. The molecule has 0 radical (unpaired) electrons. The van der Waals surface area contributed by atoms with Crippen molar-refractivity contribution in [2.75, 3.05) is 39.0 Å². The lowest BCUT2D eigenvalue weighted by Gasteiger charge is -2.35. The Balaban J connectivity index is 2.63. The average Bonchev–Trinajstić information content (AvgIpc) is 2.44. The van der Waals surface area contributed by atoms with Crippen molar-refractivity contribution in [3.63, 3.8) is 0 Å². The molecule has 0 aliphatic carbocycles. The number of hydrogen-bond donors (Lipinski definition) is 1. The molecule has 0 aromatic heterocycles. The van der Waals surface area contributed by atoms with Crippen molar-refractivity contribution in [3.05, 3.63) is 0 Å². The molecule has 8 nitrogen and oxygen atoms in total. The molecule has 1 aliphatic rings. The van der Waals surface area contributed by atoms with E-state index in [1.807, 2.05) is 6.92 Å². The second-order valence-corrected chi connectivity index (χ2v) is 9.20. The first kappa shape index (κ1) is 21.9. The van der Waals surface area contributed by atoms with Crippen molar-refractivity contribution < 1.29 is 27.9 Å². The Morgan fingerprint density at radius 2 is 1.96 bits per heavy atom. The van der Waals surface area contributed by atoms with Gasteiger partial charge in [0.15, 0.2) is 0 Å². The molecule has 1 fully saturated rings. The molecule has 0 saturated carbocycles. The zero-order valence-corrected chi connectivity index (χ0v) is 16.3. The van der Waals surface area contributed by atoms with E-state index in [4.69, 9.17) is 9.84 Å². The van der Waals surface area contributed by atoms with E-state index in [0.29, 0.717) is 25.5 Å². The van der Waals surface area contributed by atoms with Crippen LogP contribution in [0.1, 0.15) is 33.6 Å². The summed E-state index contributed by atoms with van der Waals surface area (Å²) in [6, 6.07) is 0. The summed E-state index contributed by atoms with van der Waals surface area (Å²) >= 11 is 0. The first-order valence-electron chi connectivity index (χ1n) is 8.55. The molecule has 1 rings (SSSR count). The van der Waals surface area contributed by atoms with E-state index >= 15 is 0 Å². The van der Waals surface area contributed by atoms with Crippen molar-refractivity contribution in [3.8, 4) is 0 Å². The van der Waals surface area contributed by atoms with E-state index in [2.05, 4.69) is 13.8 Å². The lowest BCUT2D eigenvalue weighted by molar-refractivity contribution is -0.142. The molecule has 1 saturated heterocycles. The molecule has 0 aromatic rings. The van der Waals surface area contributed by atoms with Crippen LogP contribution in [0, 0.1) is 11.8 Å². The fraction of sp³-hybridized carbons (Fsp3) is 0.875. The molecule has 9 heteroatoms. The first-order chi connectivity index (χ1) is 11.5. The topological polar surface area (TPSA) is 104 Å². The summed E-state index contributed by atoms with van der Waals surface area (Å²) in [6.45, 7) is 6.67. The van der Waals surface area contributed by atoms with Crippen molar-refractivity contribution >= 4 is 21.9 Å². The maximum atomic E-state index is 12.4. The van der Waals surface area contributed by atoms with E-state index in [1.54, 1.807) is 4.90 Å². The number of morpholine rings is 1. The Hall–Kier alpha value is -1.19. The molecule has 2 atom stereocenters. The number of nitrogens with zero attached hydrogens (tertiary/aromatic N) is 2. The SMILES string of the molecule is CC(C)CC(C)CC(=O)N1CCOC(CN(CC(=O)O)S(C)(=O)=O)C1. The summed E-state index contributed by atoms with van der Waals surface area (Å²) in [7, 11) is -3.66. The van der Waals surface area contributed by atoms with Gasteiger partial charge in [0.25, 0.3) is 0 Å². The van der Waals surface area contributed by atoms with Gasteiger partial charge < -0.3 is 14.7 Å². The summed E-state index contributed by atoms with van der Waals surface area (Å²) in [5.74, 6) is -0.379. The summed E-state index contributed by atoms with van der Waals surface area (Å²) < 4.78 is 29.9. The lowest BCUT2D eigenvalue weighted by atomic mass is 9.95. The molecule has 25 heavy (non-hydrogen) atoms. The van der Waals surface area contributed by atoms with Crippen LogP contribution in [0.3, 0.4) is 0 Å². The summed E-state index contributed by atoms with van der Waals surface area (Å²) in [5.41, 5.74) is 0. The molecular weight excluding hydrogens is 348 g/mol. The Kier molecular flexibility index (Phi) is 8.30. The van der Waals surface area contributed by atoms with Crippen LogP contribution in [0.5, 0.6) is 0 Å². The van der Waals surface area contributed by atoms with Gasteiger partial charge in [-0.1, -0.05) is 20.8 Å². The molecule has 0 bridgehead atoms. The van der Waals surface area contributed by atoms with Gasteiger partial charge in [-0.15, -0.1) is 0 Å². The van der Waals surface area contributed by atoms with E-state index < -0.39 is 28.6 Å². The van der Waals surface area contributed by atoms with E-state index in [9.17, 15) is 18.0 Å². The second kappa shape index (κ2) is 9.49. The first-order valence-corrected chi connectivity index (χ1v) is 10.4. The van der Waals surface area contributed by atoms with Gasteiger partial charge in [0, 0.05) is 26.1 Å². The molecule has 1 N–H and O–H groups in total. The summed E-state index contributed by atoms with van der Waals surface area (Å²) in [6.07, 6.45) is 1.87. The molecular formula is C16H30N2O6S. The van der Waals surface area contributed by atoms with Crippen LogP contribution in [0.25, 0.3) is 0 Å². The van der Waals surface area contributed by atoms with Gasteiger partial charge in [-0.2, -0.15) is 4.31 Å². The number of aliphatic carboxylic acids is 1. The number of carboxylic acids is 1. The smallest absolute Gasteiger partial charge is 0.318 e. The lowest BCUT2D eigenvalue weighted by Crippen LogP contribution is -2.51. The quantitative estimate of drug-likeness (QED) is 0.631. The minimum atomic E-state index is -3.66. The minimum absolute atomic E-state index is 0.0330. The number of ether oxygens (including phenoxy) is 1. The fourth-order valence-electron chi connectivity index (χ4n) is 3.07. The highest BCUT2D eigenvalue weighted by Crippen LogP contribution is 2.17. The molecule has 2 unspecified atom stereocenters. The van der Waals surface area contributed by atoms with Crippen LogP contribution in [0.15, 0.2) is 0 Å². The monoisotopic (exact) mass is 378 g/mol. The van der Waals surface area contributed by atoms with Gasteiger partial charge in [-0.05, 0) is 18.3 Å². The highest BCUT2D eigenvalue weighted by Gasteiger charge is 2.30. The molecule has 0 spiro atoms. The number of hydrogen-bond acceptors (Lipinski definition) is 5. The molecule has 1 amide bonds. The van der Waals surface area contributed by atoms with E-state index in [0.717, 1.165) is 17.0 Å². The number of carbonyl (C=O) groups excluding carboxylic acids is 1. The van der Waals surface area contributed by atoms with E-state index in [-0.39, 0.29) is 24.9 Å². The fourth-order valence-corrected chi connectivity index (χ4v) is 3.85. The standard InChI is InChI=1S/C16H30N2O6S/c1-12(2)7-13(3)8-15(19)17-5-6-24-14(9-17)10-18(11-16(20)21)25(4,22)23/h12-14H,5-11H2,1-4H3,(H,20,21). The zero-order chi connectivity index (χ0) is 19.2. The Morgan fingerprint density at radius 3 is 2.48 bits per heavy atom. The maximum absolute atomic E-state index is 12.4. The van der Waals surface area contributed by atoms with Crippen molar-refractivity contribution in [2.24, 2.45) is 11.8 Å². The highest BCUT2D eigenvalue weighted by atomic mass is 32.2. The Morgan fingerprint density at radius 1 is 1.32 bits per heavy atom. The van der Waals surface area contributed by atoms with Crippen LogP contribution >= 0.6 is 0 Å². The predicted octanol–water partition coefficient (Wildman–Crippen LogP) is 0.632. The van der Waals surface area contributed by atoms with Crippen LogP contribution in [0.4, 0.5) is 0 Å². The normalized spacial score (nSPS) is 20.1. The largest absolute Gasteiger partial charge is 0.480 e. The summed E-state index contributed by atoms with van der Waals surface area (Å²) in [5, 5.41) is 8.88. The van der Waals surface area contributed by atoms with Crippen LogP contribution in [0.2, 0.25) is 0 Å². The van der Waals surface area contributed by atoms with Gasteiger partial charge in [0.05, 0.1) is 19.0 Å². The van der Waals surface area contributed by atoms with Gasteiger partial charge in [0.2, 0.25) is 15.9 Å². The molecule has 1 aliphatic heterocycles. The van der Waals surface area contributed by atoms with Gasteiger partial charge in [0.1, 0.15) is 6.54 Å². The third-order valence-corrected chi connectivity index (χ3v) is 5.29. The van der Waals surface area contributed by atoms with Crippen LogP contribution in [-0.2, 0) is 24.3 Å². The Labute approximate surface area is 150 Å².